The highest BCUT2D eigenvalue weighted by molar-refractivity contribution is 6.30. The van der Waals surface area contributed by atoms with Crippen molar-refractivity contribution < 1.29 is 4.74 Å². The number of fused-ring (bicyclic) bond motifs is 3. The van der Waals surface area contributed by atoms with Gasteiger partial charge in [-0.2, -0.15) is 0 Å². The van der Waals surface area contributed by atoms with Crippen molar-refractivity contribution in [3.8, 4) is 11.6 Å². The Kier molecular flexibility index (Phi) is 5.67. The van der Waals surface area contributed by atoms with Gasteiger partial charge in [-0.1, -0.05) is 17.7 Å². The van der Waals surface area contributed by atoms with Gasteiger partial charge in [-0.25, -0.2) is 4.98 Å². The van der Waals surface area contributed by atoms with Gasteiger partial charge < -0.3 is 9.64 Å². The molecular formula is C24H28ClN5O. The van der Waals surface area contributed by atoms with Gasteiger partial charge in [-0.3, -0.25) is 4.57 Å². The average Bonchev–Trinajstić information content (AvgIpc) is 3.10. The summed E-state index contributed by atoms with van der Waals surface area (Å²) in [6.07, 6.45) is 7.89. The Morgan fingerprint density at radius 3 is 2.61 bits per heavy atom. The summed E-state index contributed by atoms with van der Waals surface area (Å²) in [6, 6.07) is 12.4. The van der Waals surface area contributed by atoms with Gasteiger partial charge in [0.25, 0.3) is 0 Å². The maximum atomic E-state index is 6.36. The van der Waals surface area contributed by atoms with Crippen LogP contribution >= 0.6 is 11.6 Å². The zero-order valence-electron chi connectivity index (χ0n) is 18.0. The molecule has 1 aliphatic carbocycles. The van der Waals surface area contributed by atoms with E-state index in [0.717, 1.165) is 55.2 Å². The molecule has 2 aliphatic rings. The van der Waals surface area contributed by atoms with E-state index in [1.54, 1.807) is 6.20 Å². The summed E-state index contributed by atoms with van der Waals surface area (Å²) in [5.74, 6) is 3.21. The van der Waals surface area contributed by atoms with Crippen molar-refractivity contribution >= 4 is 11.6 Å². The molecule has 1 saturated carbocycles. The molecule has 0 unspecified atom stereocenters. The van der Waals surface area contributed by atoms with Crippen molar-refractivity contribution in [2.75, 3.05) is 14.1 Å². The Balaban J connectivity index is 1.40. The van der Waals surface area contributed by atoms with Crippen molar-refractivity contribution in [1.29, 1.82) is 0 Å². The Hall–Kier alpha value is -2.44. The molecule has 0 saturated heterocycles. The van der Waals surface area contributed by atoms with Crippen LogP contribution < -0.4 is 4.74 Å². The minimum absolute atomic E-state index is 0.210. The van der Waals surface area contributed by atoms with Crippen LogP contribution in [0.1, 0.15) is 48.8 Å². The van der Waals surface area contributed by atoms with Crippen LogP contribution in [0.25, 0.3) is 5.69 Å². The van der Waals surface area contributed by atoms with Crippen molar-refractivity contribution in [2.24, 2.45) is 0 Å². The monoisotopic (exact) mass is 437 g/mol. The molecule has 0 spiro atoms. The number of nitrogens with zero attached hydrogens (tertiary/aromatic N) is 5. The standard InChI is InChI=1S/C24H28ClN5O/c1-29(2)19-14-17-13-18(25)8-11-21(17)30-22(15-19)27-28-24(30)16-6-9-20(10-7-16)31-23-5-3-4-12-26-23/h3-5,8,11-13,16,19-20H,6-7,9-10,14-15H2,1-2H3/t16-,19-,20-/m1/s1. The molecule has 1 aromatic carbocycles. The van der Waals surface area contributed by atoms with Gasteiger partial charge in [0, 0.05) is 35.7 Å². The number of halogens is 1. The highest BCUT2D eigenvalue weighted by Gasteiger charge is 2.32. The van der Waals surface area contributed by atoms with Crippen molar-refractivity contribution in [1.82, 2.24) is 24.6 Å². The second-order valence-corrected chi connectivity index (χ2v) is 9.30. The van der Waals surface area contributed by atoms with E-state index in [4.69, 9.17) is 21.4 Å². The van der Waals surface area contributed by atoms with Gasteiger partial charge in [0.2, 0.25) is 5.88 Å². The van der Waals surface area contributed by atoms with Crippen LogP contribution in [0, 0.1) is 0 Å². The quantitative estimate of drug-likeness (QED) is 0.603. The zero-order chi connectivity index (χ0) is 21.4. The molecule has 0 radical (unpaired) electrons. The SMILES string of the molecule is CN(C)[C@@H]1Cc2cc(Cl)ccc2-n2c(nnc2[C@H]2CC[C@H](Oc3ccccn3)CC2)C1. The highest BCUT2D eigenvalue weighted by atomic mass is 35.5. The van der Waals surface area contributed by atoms with E-state index in [1.807, 2.05) is 24.3 Å². The molecule has 162 valence electrons. The van der Waals surface area contributed by atoms with E-state index in [1.165, 1.54) is 11.3 Å². The van der Waals surface area contributed by atoms with Gasteiger partial charge in [0.1, 0.15) is 17.8 Å². The summed E-state index contributed by atoms with van der Waals surface area (Å²) in [6.45, 7) is 0. The summed E-state index contributed by atoms with van der Waals surface area (Å²) >= 11 is 6.36. The van der Waals surface area contributed by atoms with E-state index in [0.29, 0.717) is 17.8 Å². The third kappa shape index (κ3) is 4.19. The zero-order valence-corrected chi connectivity index (χ0v) is 18.8. The van der Waals surface area contributed by atoms with E-state index in [9.17, 15) is 0 Å². The minimum Gasteiger partial charge on any atom is -0.474 e. The lowest BCUT2D eigenvalue weighted by molar-refractivity contribution is 0.139. The van der Waals surface area contributed by atoms with Crippen LogP contribution in [0.3, 0.4) is 0 Å². The van der Waals surface area contributed by atoms with E-state index >= 15 is 0 Å². The number of hydrogen-bond donors (Lipinski definition) is 0. The number of aromatic nitrogens is 4. The Bertz CT molecular complexity index is 1040. The molecule has 0 N–H and O–H groups in total. The summed E-state index contributed by atoms with van der Waals surface area (Å²) in [4.78, 5) is 6.57. The fourth-order valence-corrected chi connectivity index (χ4v) is 5.05. The summed E-state index contributed by atoms with van der Waals surface area (Å²) in [5, 5.41) is 10.1. The van der Waals surface area contributed by atoms with Crippen LogP contribution in [-0.4, -0.2) is 50.9 Å². The molecule has 7 heteroatoms. The first-order chi connectivity index (χ1) is 15.1. The van der Waals surface area contributed by atoms with Crippen molar-refractivity contribution in [2.45, 2.75) is 56.6 Å². The van der Waals surface area contributed by atoms with Crippen LogP contribution in [0.15, 0.2) is 42.6 Å². The van der Waals surface area contributed by atoms with E-state index in [2.05, 4.69) is 45.8 Å². The number of likely N-dealkylation sites (N-methyl/N-ethyl adjacent to an activating group) is 1. The van der Waals surface area contributed by atoms with Gasteiger partial charge >= 0.3 is 0 Å². The predicted molar refractivity (Wildman–Crippen MR) is 121 cm³/mol. The lowest BCUT2D eigenvalue weighted by Crippen LogP contribution is -2.31. The molecule has 2 aromatic heterocycles. The lowest BCUT2D eigenvalue weighted by Gasteiger charge is -2.28. The first kappa shape index (κ1) is 20.5. The smallest absolute Gasteiger partial charge is 0.213 e. The van der Waals surface area contributed by atoms with Gasteiger partial charge in [0.15, 0.2) is 0 Å². The molecule has 0 bridgehead atoms. The van der Waals surface area contributed by atoms with Crippen LogP contribution in [0.2, 0.25) is 5.02 Å². The maximum absolute atomic E-state index is 6.36. The van der Waals surface area contributed by atoms with Gasteiger partial charge in [-0.05, 0) is 76.0 Å². The fourth-order valence-electron chi connectivity index (χ4n) is 4.85. The molecular weight excluding hydrogens is 410 g/mol. The Morgan fingerprint density at radius 2 is 1.87 bits per heavy atom. The fraction of sp³-hybridized carbons (Fsp3) is 0.458. The number of benzene rings is 1. The molecule has 3 heterocycles. The third-order valence-electron chi connectivity index (χ3n) is 6.61. The summed E-state index contributed by atoms with van der Waals surface area (Å²) < 4.78 is 8.39. The number of rotatable bonds is 4. The molecule has 1 aliphatic heterocycles. The average molecular weight is 438 g/mol. The normalized spacial score (nSPS) is 23.2. The summed E-state index contributed by atoms with van der Waals surface area (Å²) in [5.41, 5.74) is 2.44. The number of ether oxygens (including phenoxy) is 1. The van der Waals surface area contributed by atoms with Crippen molar-refractivity contribution in [3.05, 3.63) is 64.8 Å². The maximum Gasteiger partial charge on any atom is 0.213 e. The van der Waals surface area contributed by atoms with E-state index in [-0.39, 0.29) is 6.10 Å². The third-order valence-corrected chi connectivity index (χ3v) is 6.84. The number of hydrogen-bond acceptors (Lipinski definition) is 5. The predicted octanol–water partition coefficient (Wildman–Crippen LogP) is 4.45. The molecule has 1 fully saturated rings. The van der Waals surface area contributed by atoms with E-state index < -0.39 is 0 Å². The minimum atomic E-state index is 0.210. The molecule has 0 amide bonds. The van der Waals surface area contributed by atoms with Gasteiger partial charge in [-0.15, -0.1) is 10.2 Å². The highest BCUT2D eigenvalue weighted by Crippen LogP contribution is 2.37. The second-order valence-electron chi connectivity index (χ2n) is 8.87. The topological polar surface area (TPSA) is 56.1 Å². The first-order valence-electron chi connectivity index (χ1n) is 11.1. The molecule has 3 aromatic rings. The molecule has 1 atom stereocenters. The lowest BCUT2D eigenvalue weighted by atomic mass is 9.86. The molecule has 5 rings (SSSR count). The summed E-state index contributed by atoms with van der Waals surface area (Å²) in [7, 11) is 4.26. The molecule has 31 heavy (non-hydrogen) atoms. The second kappa shape index (κ2) is 8.60. The first-order valence-corrected chi connectivity index (χ1v) is 11.4. The Labute approximate surface area is 188 Å². The van der Waals surface area contributed by atoms with Gasteiger partial charge in [0.05, 0.1) is 5.69 Å². The van der Waals surface area contributed by atoms with Crippen molar-refractivity contribution in [3.63, 3.8) is 0 Å². The van der Waals surface area contributed by atoms with Crippen LogP contribution in [0.5, 0.6) is 5.88 Å². The van der Waals surface area contributed by atoms with Crippen LogP contribution in [0.4, 0.5) is 0 Å². The largest absolute Gasteiger partial charge is 0.474 e. The number of pyridine rings is 1. The van der Waals surface area contributed by atoms with Crippen LogP contribution in [-0.2, 0) is 12.8 Å². The Morgan fingerprint density at radius 1 is 1.03 bits per heavy atom. The molecule has 6 nitrogen and oxygen atoms in total.